The van der Waals surface area contributed by atoms with Gasteiger partial charge in [0, 0.05) is 17.6 Å². The van der Waals surface area contributed by atoms with Gasteiger partial charge < -0.3 is 4.98 Å². The van der Waals surface area contributed by atoms with Crippen molar-refractivity contribution in [2.24, 2.45) is 5.92 Å². The first-order valence-electron chi connectivity index (χ1n) is 10.8. The van der Waals surface area contributed by atoms with Crippen LogP contribution in [0.1, 0.15) is 48.9 Å². The molecule has 34 heavy (non-hydrogen) atoms. The van der Waals surface area contributed by atoms with E-state index in [-0.39, 0.29) is 18.8 Å². The fourth-order valence-corrected chi connectivity index (χ4v) is 5.13. The van der Waals surface area contributed by atoms with Crippen LogP contribution in [-0.2, 0) is 0 Å². The number of rotatable bonds is 3. The van der Waals surface area contributed by atoms with Gasteiger partial charge in [0.15, 0.2) is 17.5 Å². The van der Waals surface area contributed by atoms with Gasteiger partial charge in [-0.1, -0.05) is 0 Å². The Kier molecular flexibility index (Phi) is 5.49. The van der Waals surface area contributed by atoms with Crippen molar-refractivity contribution >= 4 is 21.9 Å². The molecule has 0 unspecified atom stereocenters. The Balaban J connectivity index is 1.44. The lowest BCUT2D eigenvalue weighted by Crippen LogP contribution is -2.31. The first-order valence-corrected chi connectivity index (χ1v) is 10.8. The number of benzene rings is 2. The van der Waals surface area contributed by atoms with Gasteiger partial charge >= 0.3 is 6.18 Å². The minimum Gasteiger partial charge on any atom is -0.339 e. The minimum absolute atomic E-state index is 0.0752. The molecule has 0 aliphatic heterocycles. The molecule has 0 saturated heterocycles. The third-order valence-corrected chi connectivity index (χ3v) is 6.70. The molecule has 2 heterocycles. The number of nitrogens with zero attached hydrogens (tertiary/aromatic N) is 2. The van der Waals surface area contributed by atoms with Crippen LogP contribution in [0.2, 0.25) is 0 Å². The number of nitrogens with one attached hydrogen (secondary N) is 1. The Labute approximate surface area is 189 Å². The normalized spacial score (nSPS) is 20.2. The van der Waals surface area contributed by atoms with Crippen molar-refractivity contribution in [3.63, 3.8) is 0 Å². The Morgan fingerprint density at radius 1 is 0.882 bits per heavy atom. The van der Waals surface area contributed by atoms with Gasteiger partial charge in [-0.15, -0.1) is 0 Å². The minimum atomic E-state index is -4.70. The second kappa shape index (κ2) is 8.25. The Morgan fingerprint density at radius 3 is 2.32 bits per heavy atom. The van der Waals surface area contributed by atoms with Crippen molar-refractivity contribution in [2.45, 2.75) is 43.7 Å². The highest BCUT2D eigenvalue weighted by Crippen LogP contribution is 2.48. The van der Waals surface area contributed by atoms with Crippen LogP contribution >= 0.6 is 0 Å². The molecule has 0 radical (unpaired) electrons. The molecule has 0 spiro atoms. The van der Waals surface area contributed by atoms with E-state index in [1.54, 1.807) is 18.3 Å². The quantitative estimate of drug-likeness (QED) is 0.247. The lowest BCUT2D eigenvalue weighted by molar-refractivity contribution is -0.166. The Morgan fingerprint density at radius 2 is 1.62 bits per heavy atom. The van der Waals surface area contributed by atoms with Gasteiger partial charge in [-0.2, -0.15) is 13.2 Å². The summed E-state index contributed by atoms with van der Waals surface area (Å²) in [6, 6.07) is 6.58. The molecule has 2 aromatic heterocycles. The third kappa shape index (κ3) is 3.88. The molecule has 0 bridgehead atoms. The lowest BCUT2D eigenvalue weighted by Gasteiger charge is -2.34. The fourth-order valence-electron chi connectivity index (χ4n) is 5.13. The fraction of sp³-hybridized carbons (Fsp3) is 0.333. The highest BCUT2D eigenvalue weighted by atomic mass is 19.4. The standard InChI is InChI=1S/C24H18F7N3/c25-13-5-6-17-15(9-13)14(7-8-32-17)11-1-3-12(4-2-11)19(24(29,30)31)23-33-18-10-16(26)20(27)21(28)22(18)34-23/h5-12,19H,1-4H2,(H,33,34)/t11-,12+,19-/m1/s1. The lowest BCUT2D eigenvalue weighted by atomic mass is 9.73. The van der Waals surface area contributed by atoms with Gasteiger partial charge in [0.1, 0.15) is 23.1 Å². The van der Waals surface area contributed by atoms with Crippen LogP contribution < -0.4 is 0 Å². The van der Waals surface area contributed by atoms with Crippen LogP contribution in [0.3, 0.4) is 0 Å². The number of aromatic amines is 1. The van der Waals surface area contributed by atoms with Crippen molar-refractivity contribution in [1.29, 1.82) is 0 Å². The summed E-state index contributed by atoms with van der Waals surface area (Å²) in [4.78, 5) is 10.2. The topological polar surface area (TPSA) is 41.6 Å². The maximum atomic E-state index is 14.1. The summed E-state index contributed by atoms with van der Waals surface area (Å²) in [5, 5.41) is 0.634. The maximum Gasteiger partial charge on any atom is 0.399 e. The Hall–Kier alpha value is -3.17. The molecule has 10 heteroatoms. The number of hydrogen-bond acceptors (Lipinski definition) is 2. The van der Waals surface area contributed by atoms with Gasteiger partial charge in [0.25, 0.3) is 0 Å². The Bertz CT molecular complexity index is 1370. The third-order valence-electron chi connectivity index (χ3n) is 6.70. The molecule has 0 amide bonds. The SMILES string of the molecule is Fc1ccc2nccc([C@H]3CC[C@@H]([C@H](c4nc5cc(F)c(F)c(F)c5[nH]4)C(F)(F)F)CC3)c2c1. The van der Waals surface area contributed by atoms with E-state index in [0.29, 0.717) is 29.8 Å². The molecule has 3 nitrogen and oxygen atoms in total. The number of pyridine rings is 1. The first-order chi connectivity index (χ1) is 16.1. The summed E-state index contributed by atoms with van der Waals surface area (Å²) in [5.74, 6) is -8.86. The van der Waals surface area contributed by atoms with Gasteiger partial charge in [0.05, 0.1) is 11.0 Å². The summed E-state index contributed by atoms with van der Waals surface area (Å²) >= 11 is 0. The average molecular weight is 481 g/mol. The van der Waals surface area contributed by atoms with E-state index in [9.17, 15) is 30.7 Å². The summed E-state index contributed by atoms with van der Waals surface area (Å²) in [6.07, 6.45) is -1.88. The van der Waals surface area contributed by atoms with Crippen LogP contribution in [0.25, 0.3) is 21.9 Å². The summed E-state index contributed by atoms with van der Waals surface area (Å²) < 4.78 is 97.2. The molecular formula is C24H18F7N3. The summed E-state index contributed by atoms with van der Waals surface area (Å²) in [6.45, 7) is 0. The molecular weight excluding hydrogens is 463 g/mol. The van der Waals surface area contributed by atoms with Crippen LogP contribution in [-0.4, -0.2) is 21.1 Å². The predicted molar refractivity (Wildman–Crippen MR) is 111 cm³/mol. The second-order valence-corrected chi connectivity index (χ2v) is 8.70. The number of aromatic nitrogens is 3. The van der Waals surface area contributed by atoms with Gasteiger partial charge in [-0.3, -0.25) is 4.98 Å². The number of halogens is 7. The number of imidazole rings is 1. The van der Waals surface area contributed by atoms with Crippen LogP contribution in [0.5, 0.6) is 0 Å². The maximum absolute atomic E-state index is 14.1. The number of hydrogen-bond donors (Lipinski definition) is 1. The monoisotopic (exact) mass is 481 g/mol. The van der Waals surface area contributed by atoms with Crippen molar-refractivity contribution < 1.29 is 30.7 Å². The van der Waals surface area contributed by atoms with E-state index in [2.05, 4.69) is 15.0 Å². The number of H-pyrrole nitrogens is 1. The smallest absolute Gasteiger partial charge is 0.339 e. The van der Waals surface area contributed by atoms with E-state index in [1.165, 1.54) is 12.1 Å². The molecule has 1 aliphatic carbocycles. The molecule has 4 aromatic rings. The van der Waals surface area contributed by atoms with Crippen LogP contribution in [0.4, 0.5) is 30.7 Å². The van der Waals surface area contributed by atoms with E-state index in [4.69, 9.17) is 0 Å². The van der Waals surface area contributed by atoms with E-state index >= 15 is 0 Å². The largest absolute Gasteiger partial charge is 0.399 e. The molecule has 1 atom stereocenters. The van der Waals surface area contributed by atoms with E-state index < -0.39 is 58.1 Å². The van der Waals surface area contributed by atoms with Crippen molar-refractivity contribution in [3.8, 4) is 0 Å². The zero-order valence-electron chi connectivity index (χ0n) is 17.6. The molecule has 1 N–H and O–H groups in total. The molecule has 1 fully saturated rings. The van der Waals surface area contributed by atoms with Gasteiger partial charge in [0.2, 0.25) is 0 Å². The zero-order chi connectivity index (χ0) is 24.2. The number of fused-ring (bicyclic) bond motifs is 2. The second-order valence-electron chi connectivity index (χ2n) is 8.70. The average Bonchev–Trinajstić information content (AvgIpc) is 3.20. The van der Waals surface area contributed by atoms with Crippen molar-refractivity contribution in [1.82, 2.24) is 15.0 Å². The molecule has 1 aliphatic rings. The first kappa shape index (κ1) is 22.6. The van der Waals surface area contributed by atoms with E-state index in [1.807, 2.05) is 0 Å². The highest BCUT2D eigenvalue weighted by molar-refractivity contribution is 5.82. The summed E-state index contributed by atoms with van der Waals surface area (Å²) in [5.41, 5.74) is 0.447. The van der Waals surface area contributed by atoms with Gasteiger partial charge in [-0.25, -0.2) is 22.5 Å². The summed E-state index contributed by atoms with van der Waals surface area (Å²) in [7, 11) is 0. The molecule has 5 rings (SSSR count). The number of alkyl halides is 3. The predicted octanol–water partition coefficient (Wildman–Crippen LogP) is 7.29. The molecule has 178 valence electrons. The highest BCUT2D eigenvalue weighted by Gasteiger charge is 2.48. The van der Waals surface area contributed by atoms with Crippen LogP contribution in [0, 0.1) is 29.2 Å². The van der Waals surface area contributed by atoms with Crippen molar-refractivity contribution in [3.05, 3.63) is 71.2 Å². The van der Waals surface area contributed by atoms with Gasteiger partial charge in [-0.05, 0) is 67.3 Å². The molecule has 2 aromatic carbocycles. The molecule has 1 saturated carbocycles. The van der Waals surface area contributed by atoms with E-state index in [0.717, 1.165) is 5.56 Å². The van der Waals surface area contributed by atoms with Crippen molar-refractivity contribution in [2.75, 3.05) is 0 Å². The van der Waals surface area contributed by atoms with Crippen LogP contribution in [0.15, 0.2) is 36.5 Å². The zero-order valence-corrected chi connectivity index (χ0v) is 17.6.